The molecule has 0 saturated heterocycles. The first-order valence-electron chi connectivity index (χ1n) is 6.17. The lowest BCUT2D eigenvalue weighted by Crippen LogP contribution is -2.07. The molecule has 1 heterocycles. The van der Waals surface area contributed by atoms with E-state index >= 15 is 0 Å². The van der Waals surface area contributed by atoms with Crippen molar-refractivity contribution in [3.8, 4) is 0 Å². The van der Waals surface area contributed by atoms with Crippen LogP contribution in [0.25, 0.3) is 6.08 Å². The summed E-state index contributed by atoms with van der Waals surface area (Å²) >= 11 is 5.58. The third kappa shape index (κ3) is 4.51. The van der Waals surface area contributed by atoms with Gasteiger partial charge in [-0.2, -0.15) is 0 Å². The SMILES string of the molecule is Cc1nc(S)sc1CC(=O)OCC=Cc1ccccc1. The summed E-state index contributed by atoms with van der Waals surface area (Å²) in [5.41, 5.74) is 1.93. The predicted molar refractivity (Wildman–Crippen MR) is 84.2 cm³/mol. The molecular weight excluding hydrogens is 290 g/mol. The van der Waals surface area contributed by atoms with Crippen LogP contribution in [0.15, 0.2) is 40.7 Å². The predicted octanol–water partition coefficient (Wildman–Crippen LogP) is 3.54. The van der Waals surface area contributed by atoms with Crippen molar-refractivity contribution < 1.29 is 9.53 Å². The normalized spacial score (nSPS) is 10.9. The number of thiol groups is 1. The van der Waals surface area contributed by atoms with E-state index in [4.69, 9.17) is 4.74 Å². The van der Waals surface area contributed by atoms with Gasteiger partial charge in [-0.15, -0.1) is 24.0 Å². The van der Waals surface area contributed by atoms with E-state index in [0.29, 0.717) is 4.34 Å². The van der Waals surface area contributed by atoms with Crippen LogP contribution in [0.2, 0.25) is 0 Å². The van der Waals surface area contributed by atoms with Gasteiger partial charge in [-0.25, -0.2) is 4.98 Å². The number of rotatable bonds is 5. The number of aryl methyl sites for hydroxylation is 1. The molecule has 0 fully saturated rings. The number of thiazole rings is 1. The molecule has 1 aromatic carbocycles. The Hall–Kier alpha value is -1.59. The van der Waals surface area contributed by atoms with Crippen LogP contribution in [0, 0.1) is 6.92 Å². The maximum absolute atomic E-state index is 11.7. The molecule has 20 heavy (non-hydrogen) atoms. The lowest BCUT2D eigenvalue weighted by molar-refractivity contribution is -0.141. The molecule has 0 aliphatic heterocycles. The Labute approximate surface area is 127 Å². The number of benzene rings is 1. The lowest BCUT2D eigenvalue weighted by Gasteiger charge is -2.00. The number of ether oxygens (including phenoxy) is 1. The van der Waals surface area contributed by atoms with Crippen molar-refractivity contribution in [2.24, 2.45) is 0 Å². The summed E-state index contributed by atoms with van der Waals surface area (Å²) in [6.45, 7) is 2.15. The van der Waals surface area contributed by atoms with E-state index in [-0.39, 0.29) is 19.0 Å². The van der Waals surface area contributed by atoms with Gasteiger partial charge in [0.15, 0.2) is 0 Å². The maximum Gasteiger partial charge on any atom is 0.311 e. The van der Waals surface area contributed by atoms with Crippen molar-refractivity contribution in [1.29, 1.82) is 0 Å². The second-order valence-corrected chi connectivity index (χ2v) is 5.99. The number of carbonyl (C=O) groups is 1. The molecule has 2 aromatic rings. The average molecular weight is 305 g/mol. The van der Waals surface area contributed by atoms with Crippen molar-refractivity contribution in [2.45, 2.75) is 17.7 Å². The van der Waals surface area contributed by atoms with E-state index in [1.807, 2.05) is 49.4 Å². The molecule has 0 amide bonds. The Morgan fingerprint density at radius 1 is 1.40 bits per heavy atom. The van der Waals surface area contributed by atoms with Gasteiger partial charge in [-0.05, 0) is 18.6 Å². The monoisotopic (exact) mass is 305 g/mol. The number of carbonyl (C=O) groups excluding carboxylic acids is 1. The van der Waals surface area contributed by atoms with E-state index in [1.165, 1.54) is 11.3 Å². The molecule has 0 atom stereocenters. The zero-order chi connectivity index (χ0) is 14.4. The maximum atomic E-state index is 11.7. The number of aromatic nitrogens is 1. The lowest BCUT2D eigenvalue weighted by atomic mass is 10.2. The third-order valence-electron chi connectivity index (χ3n) is 2.64. The smallest absolute Gasteiger partial charge is 0.311 e. The van der Waals surface area contributed by atoms with Gasteiger partial charge in [0.2, 0.25) is 0 Å². The Morgan fingerprint density at radius 3 is 2.80 bits per heavy atom. The van der Waals surface area contributed by atoms with Gasteiger partial charge in [-0.1, -0.05) is 36.4 Å². The van der Waals surface area contributed by atoms with Crippen molar-refractivity contribution in [2.75, 3.05) is 6.61 Å². The third-order valence-corrected chi connectivity index (χ3v) is 3.97. The summed E-state index contributed by atoms with van der Waals surface area (Å²) in [4.78, 5) is 16.8. The molecule has 5 heteroatoms. The van der Waals surface area contributed by atoms with Gasteiger partial charge in [0.05, 0.1) is 12.1 Å². The zero-order valence-corrected chi connectivity index (χ0v) is 12.8. The van der Waals surface area contributed by atoms with Crippen molar-refractivity contribution >= 4 is 36.0 Å². The van der Waals surface area contributed by atoms with Gasteiger partial charge in [0, 0.05) is 4.88 Å². The first-order valence-corrected chi connectivity index (χ1v) is 7.44. The Kier molecular flexibility index (Phi) is 5.38. The van der Waals surface area contributed by atoms with Crippen LogP contribution in [0.4, 0.5) is 0 Å². The fourth-order valence-corrected chi connectivity index (χ4v) is 2.92. The largest absolute Gasteiger partial charge is 0.461 e. The minimum atomic E-state index is -0.247. The highest BCUT2D eigenvalue weighted by atomic mass is 32.2. The molecule has 1 aromatic heterocycles. The quantitative estimate of drug-likeness (QED) is 0.678. The number of hydrogen-bond donors (Lipinski definition) is 1. The summed E-state index contributed by atoms with van der Waals surface area (Å²) in [6.07, 6.45) is 4.01. The number of hydrogen-bond acceptors (Lipinski definition) is 5. The van der Waals surface area contributed by atoms with Crippen molar-refractivity contribution in [1.82, 2.24) is 4.98 Å². The molecule has 104 valence electrons. The topological polar surface area (TPSA) is 39.2 Å². The fraction of sp³-hybridized carbons (Fsp3) is 0.200. The van der Waals surface area contributed by atoms with E-state index in [9.17, 15) is 4.79 Å². The molecule has 0 radical (unpaired) electrons. The molecule has 0 aliphatic rings. The van der Waals surface area contributed by atoms with Crippen LogP contribution in [0.3, 0.4) is 0 Å². The van der Waals surface area contributed by atoms with Crippen LogP contribution in [-0.2, 0) is 16.0 Å². The average Bonchev–Trinajstić information content (AvgIpc) is 2.74. The summed E-state index contributed by atoms with van der Waals surface area (Å²) < 4.78 is 5.84. The highest BCUT2D eigenvalue weighted by molar-refractivity contribution is 7.82. The summed E-state index contributed by atoms with van der Waals surface area (Å²) in [5, 5.41) is 0. The van der Waals surface area contributed by atoms with Crippen molar-refractivity contribution in [3.05, 3.63) is 52.5 Å². The summed E-state index contributed by atoms with van der Waals surface area (Å²) in [7, 11) is 0. The molecule has 2 rings (SSSR count). The van der Waals surface area contributed by atoms with E-state index < -0.39 is 0 Å². The molecule has 0 spiro atoms. The molecule has 0 bridgehead atoms. The van der Waals surface area contributed by atoms with Gasteiger partial charge in [0.1, 0.15) is 10.9 Å². The molecule has 0 saturated carbocycles. The van der Waals surface area contributed by atoms with Gasteiger partial charge >= 0.3 is 5.97 Å². The molecule has 0 unspecified atom stereocenters. The summed E-state index contributed by atoms with van der Waals surface area (Å²) in [5.74, 6) is -0.247. The van der Waals surface area contributed by atoms with Crippen LogP contribution in [-0.4, -0.2) is 17.6 Å². The zero-order valence-electron chi connectivity index (χ0n) is 11.1. The highest BCUT2D eigenvalue weighted by Gasteiger charge is 2.10. The second-order valence-electron chi connectivity index (χ2n) is 4.18. The van der Waals surface area contributed by atoms with E-state index in [1.54, 1.807) is 0 Å². The van der Waals surface area contributed by atoms with Crippen LogP contribution in [0.1, 0.15) is 16.1 Å². The number of nitrogens with zero attached hydrogens (tertiary/aromatic N) is 1. The van der Waals surface area contributed by atoms with E-state index in [0.717, 1.165) is 16.1 Å². The van der Waals surface area contributed by atoms with E-state index in [2.05, 4.69) is 17.6 Å². The van der Waals surface area contributed by atoms with Gasteiger partial charge in [0.25, 0.3) is 0 Å². The fourth-order valence-electron chi connectivity index (χ4n) is 1.65. The standard InChI is InChI=1S/C15H15NO2S2/c1-11-13(20-15(19)16-11)10-14(17)18-9-5-8-12-6-3-2-4-7-12/h2-8H,9-10H2,1H3,(H,16,19). The molecule has 0 aliphatic carbocycles. The van der Waals surface area contributed by atoms with Gasteiger partial charge < -0.3 is 4.74 Å². The molecule has 3 nitrogen and oxygen atoms in total. The van der Waals surface area contributed by atoms with Crippen LogP contribution in [0.5, 0.6) is 0 Å². The van der Waals surface area contributed by atoms with Crippen LogP contribution < -0.4 is 0 Å². The minimum absolute atomic E-state index is 0.247. The summed E-state index contributed by atoms with van der Waals surface area (Å²) in [6, 6.07) is 9.88. The highest BCUT2D eigenvalue weighted by Crippen LogP contribution is 2.21. The van der Waals surface area contributed by atoms with Gasteiger partial charge in [-0.3, -0.25) is 4.79 Å². The van der Waals surface area contributed by atoms with Crippen molar-refractivity contribution in [3.63, 3.8) is 0 Å². The molecule has 0 N–H and O–H groups in total. The first-order chi connectivity index (χ1) is 9.65. The Morgan fingerprint density at radius 2 is 2.15 bits per heavy atom. The second kappa shape index (κ2) is 7.26. The Balaban J connectivity index is 1.78. The Bertz CT molecular complexity index is 606. The number of esters is 1. The first kappa shape index (κ1) is 14.8. The van der Waals surface area contributed by atoms with Crippen LogP contribution >= 0.6 is 24.0 Å². The molecular formula is C15H15NO2S2. The minimum Gasteiger partial charge on any atom is -0.461 e.